The van der Waals surface area contributed by atoms with Crippen LogP contribution in [0.4, 0.5) is 0 Å². The molecule has 0 atom stereocenters. The molecule has 3 heteroatoms. The Balaban J connectivity index is 2.18. The van der Waals surface area contributed by atoms with Gasteiger partial charge in [-0.1, -0.05) is 36.4 Å². The molecule has 1 aromatic heterocycles. The van der Waals surface area contributed by atoms with Crippen LogP contribution in [-0.4, -0.2) is 17.1 Å². The molecule has 0 N–H and O–H groups in total. The van der Waals surface area contributed by atoms with E-state index in [2.05, 4.69) is 35.8 Å². The van der Waals surface area contributed by atoms with Gasteiger partial charge in [-0.25, -0.2) is 0 Å². The zero-order chi connectivity index (χ0) is 15.5. The third-order valence-corrected chi connectivity index (χ3v) is 3.88. The zero-order valence-electron chi connectivity index (χ0n) is 12.9. The summed E-state index contributed by atoms with van der Waals surface area (Å²) in [5.74, 6) is -0.179. The fourth-order valence-electron chi connectivity index (χ4n) is 2.92. The predicted octanol–water partition coefficient (Wildman–Crippen LogP) is 4.04. The van der Waals surface area contributed by atoms with Crippen LogP contribution in [-0.2, 0) is 16.0 Å². The molecule has 0 amide bonds. The van der Waals surface area contributed by atoms with Crippen LogP contribution < -0.4 is 0 Å². The number of rotatable bonds is 4. The summed E-state index contributed by atoms with van der Waals surface area (Å²) in [6.45, 7) is 4.30. The number of hydrogen-bond acceptors (Lipinski definition) is 2. The maximum Gasteiger partial charge on any atom is 0.310 e. The molecule has 0 saturated carbocycles. The van der Waals surface area contributed by atoms with Crippen molar-refractivity contribution >= 4 is 16.9 Å². The van der Waals surface area contributed by atoms with Crippen LogP contribution in [0.2, 0.25) is 0 Å². The molecule has 0 aliphatic heterocycles. The molecule has 1 heterocycles. The van der Waals surface area contributed by atoms with Gasteiger partial charge in [0.2, 0.25) is 0 Å². The van der Waals surface area contributed by atoms with Gasteiger partial charge in [0.15, 0.2) is 0 Å². The van der Waals surface area contributed by atoms with Crippen molar-refractivity contribution in [3.8, 4) is 5.69 Å². The highest BCUT2D eigenvalue weighted by molar-refractivity contribution is 5.90. The van der Waals surface area contributed by atoms with E-state index >= 15 is 0 Å². The smallest absolute Gasteiger partial charge is 0.310 e. The van der Waals surface area contributed by atoms with Crippen molar-refractivity contribution in [2.75, 3.05) is 6.61 Å². The molecule has 0 bridgehead atoms. The number of benzene rings is 2. The summed E-state index contributed by atoms with van der Waals surface area (Å²) in [6.07, 6.45) is 0.306. The summed E-state index contributed by atoms with van der Waals surface area (Å²) < 4.78 is 7.31. The fourth-order valence-corrected chi connectivity index (χ4v) is 2.92. The van der Waals surface area contributed by atoms with E-state index in [0.717, 1.165) is 27.8 Å². The molecule has 0 aliphatic rings. The van der Waals surface area contributed by atoms with E-state index in [1.165, 1.54) is 0 Å². The van der Waals surface area contributed by atoms with Crippen LogP contribution in [0, 0.1) is 6.92 Å². The number of carbonyl (C=O) groups excluding carboxylic acids is 1. The zero-order valence-corrected chi connectivity index (χ0v) is 12.9. The molecule has 0 spiro atoms. The molecule has 2 aromatic carbocycles. The first-order chi connectivity index (χ1) is 10.7. The number of aromatic nitrogens is 1. The van der Waals surface area contributed by atoms with Crippen molar-refractivity contribution < 1.29 is 9.53 Å². The number of nitrogens with zero attached hydrogens (tertiary/aromatic N) is 1. The Kier molecular flexibility index (Phi) is 3.96. The van der Waals surface area contributed by atoms with Crippen LogP contribution in [0.3, 0.4) is 0 Å². The lowest BCUT2D eigenvalue weighted by atomic mass is 10.1. The van der Waals surface area contributed by atoms with Gasteiger partial charge in [-0.15, -0.1) is 0 Å². The van der Waals surface area contributed by atoms with Crippen LogP contribution in [0.1, 0.15) is 18.2 Å². The number of fused-ring (bicyclic) bond motifs is 1. The Hall–Kier alpha value is -2.55. The molecule has 0 radical (unpaired) electrons. The number of carbonyl (C=O) groups is 1. The van der Waals surface area contributed by atoms with E-state index in [9.17, 15) is 4.79 Å². The molecule has 3 rings (SSSR count). The monoisotopic (exact) mass is 293 g/mol. The fraction of sp³-hybridized carbons (Fsp3) is 0.211. The maximum atomic E-state index is 11.9. The molecular formula is C19H19NO2. The minimum Gasteiger partial charge on any atom is -0.466 e. The Morgan fingerprint density at radius 1 is 1.05 bits per heavy atom. The van der Waals surface area contributed by atoms with Gasteiger partial charge >= 0.3 is 5.97 Å². The molecule has 0 saturated heterocycles. The average molecular weight is 293 g/mol. The number of hydrogen-bond donors (Lipinski definition) is 0. The molecule has 3 aromatic rings. The van der Waals surface area contributed by atoms with Gasteiger partial charge in [-0.05, 0) is 37.6 Å². The lowest BCUT2D eigenvalue weighted by molar-refractivity contribution is -0.142. The Bertz CT molecular complexity index is 803. The van der Waals surface area contributed by atoms with E-state index in [0.29, 0.717) is 13.0 Å². The standard InChI is InChI=1S/C19H19NO2/c1-3-22-19(21)13-17-14(2)20(15-9-5-4-6-10-15)18-12-8-7-11-16(17)18/h4-12H,3,13H2,1-2H3. The van der Waals surface area contributed by atoms with Gasteiger partial charge in [0, 0.05) is 16.8 Å². The van der Waals surface area contributed by atoms with E-state index in [-0.39, 0.29) is 5.97 Å². The van der Waals surface area contributed by atoms with E-state index in [1.807, 2.05) is 37.3 Å². The molecule has 0 fully saturated rings. The highest BCUT2D eigenvalue weighted by Gasteiger charge is 2.17. The number of esters is 1. The summed E-state index contributed by atoms with van der Waals surface area (Å²) in [6, 6.07) is 18.4. The second kappa shape index (κ2) is 6.06. The minimum atomic E-state index is -0.179. The SMILES string of the molecule is CCOC(=O)Cc1c(C)n(-c2ccccc2)c2ccccc12. The first-order valence-corrected chi connectivity index (χ1v) is 7.52. The van der Waals surface area contributed by atoms with Gasteiger partial charge in [-0.2, -0.15) is 0 Å². The van der Waals surface area contributed by atoms with Crippen LogP contribution in [0.15, 0.2) is 54.6 Å². The normalized spacial score (nSPS) is 10.8. The predicted molar refractivity (Wildman–Crippen MR) is 88.3 cm³/mol. The van der Waals surface area contributed by atoms with E-state index in [1.54, 1.807) is 0 Å². The van der Waals surface area contributed by atoms with E-state index < -0.39 is 0 Å². The third kappa shape index (κ3) is 2.50. The lowest BCUT2D eigenvalue weighted by Crippen LogP contribution is -2.08. The van der Waals surface area contributed by atoms with Gasteiger partial charge in [0.05, 0.1) is 18.5 Å². The topological polar surface area (TPSA) is 31.2 Å². The van der Waals surface area contributed by atoms with Crippen molar-refractivity contribution in [2.45, 2.75) is 20.3 Å². The number of ether oxygens (including phenoxy) is 1. The minimum absolute atomic E-state index is 0.179. The molecule has 22 heavy (non-hydrogen) atoms. The highest BCUT2D eigenvalue weighted by Crippen LogP contribution is 2.29. The molecule has 112 valence electrons. The largest absolute Gasteiger partial charge is 0.466 e. The van der Waals surface area contributed by atoms with Crippen molar-refractivity contribution in [2.24, 2.45) is 0 Å². The van der Waals surface area contributed by atoms with Gasteiger partial charge < -0.3 is 9.30 Å². The van der Waals surface area contributed by atoms with Gasteiger partial charge in [0.25, 0.3) is 0 Å². The first kappa shape index (κ1) is 14.4. The van der Waals surface area contributed by atoms with Gasteiger partial charge in [0.1, 0.15) is 0 Å². The van der Waals surface area contributed by atoms with Crippen molar-refractivity contribution in [3.63, 3.8) is 0 Å². The summed E-state index contributed by atoms with van der Waals surface area (Å²) in [5, 5.41) is 1.11. The molecule has 3 nitrogen and oxygen atoms in total. The second-order valence-electron chi connectivity index (χ2n) is 5.23. The average Bonchev–Trinajstić information content (AvgIpc) is 2.81. The summed E-state index contributed by atoms with van der Waals surface area (Å²) in [7, 11) is 0. The summed E-state index contributed by atoms with van der Waals surface area (Å²) in [5.41, 5.74) is 4.34. The van der Waals surface area contributed by atoms with Crippen LogP contribution in [0.25, 0.3) is 16.6 Å². The summed E-state index contributed by atoms with van der Waals surface area (Å²) >= 11 is 0. The van der Waals surface area contributed by atoms with Crippen molar-refractivity contribution in [3.05, 3.63) is 65.9 Å². The van der Waals surface area contributed by atoms with Crippen LogP contribution >= 0.6 is 0 Å². The Morgan fingerprint density at radius 2 is 1.73 bits per heavy atom. The first-order valence-electron chi connectivity index (χ1n) is 7.52. The van der Waals surface area contributed by atoms with Crippen molar-refractivity contribution in [1.82, 2.24) is 4.57 Å². The molecule has 0 aliphatic carbocycles. The summed E-state index contributed by atoms with van der Waals surface area (Å²) in [4.78, 5) is 11.9. The molecular weight excluding hydrogens is 274 g/mol. The lowest BCUT2D eigenvalue weighted by Gasteiger charge is -2.08. The highest BCUT2D eigenvalue weighted by atomic mass is 16.5. The van der Waals surface area contributed by atoms with Crippen LogP contribution in [0.5, 0.6) is 0 Å². The van der Waals surface area contributed by atoms with E-state index in [4.69, 9.17) is 4.74 Å². The third-order valence-electron chi connectivity index (χ3n) is 3.88. The maximum absolute atomic E-state index is 11.9. The van der Waals surface area contributed by atoms with Gasteiger partial charge in [-0.3, -0.25) is 4.79 Å². The number of para-hydroxylation sites is 2. The second-order valence-corrected chi connectivity index (χ2v) is 5.23. The quantitative estimate of drug-likeness (QED) is 0.680. The molecule has 0 unspecified atom stereocenters. The Labute approximate surface area is 130 Å². The van der Waals surface area contributed by atoms with Crippen molar-refractivity contribution in [1.29, 1.82) is 0 Å². The Morgan fingerprint density at radius 3 is 2.45 bits per heavy atom.